The van der Waals surface area contributed by atoms with Crippen LogP contribution in [0.4, 0.5) is 0 Å². The average molecular weight is 236 g/mol. The first-order valence-corrected chi connectivity index (χ1v) is 7.26. The zero-order chi connectivity index (χ0) is 11.1. The Balaban J connectivity index is 1.72. The Bertz CT molecular complexity index is 379. The molecule has 1 heterocycles. The van der Waals surface area contributed by atoms with Gasteiger partial charge in [0.15, 0.2) is 0 Å². The molecular formula is C13H20N2S. The summed E-state index contributed by atoms with van der Waals surface area (Å²) in [4.78, 5) is 6.18. The van der Waals surface area contributed by atoms with Gasteiger partial charge in [-0.1, -0.05) is 6.92 Å². The molecule has 1 saturated carbocycles. The second-order valence-electron chi connectivity index (χ2n) is 5.43. The van der Waals surface area contributed by atoms with Crippen molar-refractivity contribution in [2.24, 2.45) is 5.92 Å². The number of fused-ring (bicyclic) bond motifs is 1. The molecule has 0 saturated heterocycles. The second-order valence-corrected chi connectivity index (χ2v) is 6.66. The zero-order valence-corrected chi connectivity index (χ0v) is 10.9. The Morgan fingerprint density at radius 1 is 1.38 bits per heavy atom. The van der Waals surface area contributed by atoms with E-state index in [1.54, 1.807) is 0 Å². The molecule has 0 bridgehead atoms. The molecule has 3 rings (SSSR count). The van der Waals surface area contributed by atoms with Crippen LogP contribution in [0.2, 0.25) is 0 Å². The van der Waals surface area contributed by atoms with Gasteiger partial charge in [-0.25, -0.2) is 4.98 Å². The maximum atomic E-state index is 4.65. The predicted molar refractivity (Wildman–Crippen MR) is 67.9 cm³/mol. The van der Waals surface area contributed by atoms with Gasteiger partial charge in [0.25, 0.3) is 0 Å². The fourth-order valence-electron chi connectivity index (χ4n) is 3.02. The Labute approximate surface area is 101 Å². The molecule has 1 aromatic heterocycles. The van der Waals surface area contributed by atoms with Crippen LogP contribution in [0, 0.1) is 12.8 Å². The van der Waals surface area contributed by atoms with Crippen LogP contribution in [-0.4, -0.2) is 11.0 Å². The Morgan fingerprint density at radius 3 is 2.94 bits per heavy atom. The smallest absolute Gasteiger partial charge is 0.0900 e. The minimum absolute atomic E-state index is 0.604. The predicted octanol–water partition coefficient (Wildman–Crippen LogP) is 3.22. The van der Waals surface area contributed by atoms with E-state index in [-0.39, 0.29) is 0 Å². The van der Waals surface area contributed by atoms with Crippen molar-refractivity contribution >= 4 is 11.3 Å². The van der Waals surface area contributed by atoms with Crippen LogP contribution >= 0.6 is 11.3 Å². The van der Waals surface area contributed by atoms with Gasteiger partial charge in [0.1, 0.15) is 0 Å². The first kappa shape index (κ1) is 10.7. The summed E-state index contributed by atoms with van der Waals surface area (Å²) in [6, 6.07) is 1.38. The summed E-state index contributed by atoms with van der Waals surface area (Å²) >= 11 is 1.90. The van der Waals surface area contributed by atoms with E-state index in [0.717, 1.165) is 12.0 Å². The summed E-state index contributed by atoms with van der Waals surface area (Å²) in [6.07, 6.45) is 6.53. The van der Waals surface area contributed by atoms with Gasteiger partial charge in [-0.3, -0.25) is 0 Å². The summed E-state index contributed by atoms with van der Waals surface area (Å²) in [5.41, 5.74) is 1.37. The highest BCUT2D eigenvalue weighted by Crippen LogP contribution is 2.36. The maximum Gasteiger partial charge on any atom is 0.0900 e. The molecule has 0 amide bonds. The molecule has 88 valence electrons. The third-order valence-electron chi connectivity index (χ3n) is 3.87. The summed E-state index contributed by atoms with van der Waals surface area (Å²) in [7, 11) is 0. The normalized spacial score (nSPS) is 33.2. The molecule has 2 nitrogen and oxygen atoms in total. The number of aromatic nitrogens is 1. The van der Waals surface area contributed by atoms with E-state index >= 15 is 0 Å². The first-order chi connectivity index (χ1) is 7.72. The molecule has 16 heavy (non-hydrogen) atoms. The summed E-state index contributed by atoms with van der Waals surface area (Å²) in [5, 5.41) is 5.06. The van der Waals surface area contributed by atoms with Crippen LogP contribution in [0.5, 0.6) is 0 Å². The molecule has 2 aliphatic carbocycles. The minimum atomic E-state index is 0.604. The van der Waals surface area contributed by atoms with E-state index in [2.05, 4.69) is 24.1 Å². The lowest BCUT2D eigenvalue weighted by Gasteiger charge is -2.37. The topological polar surface area (TPSA) is 24.9 Å². The van der Waals surface area contributed by atoms with Crippen LogP contribution in [0.25, 0.3) is 0 Å². The highest BCUT2D eigenvalue weighted by molar-refractivity contribution is 7.11. The average Bonchev–Trinajstić information content (AvgIpc) is 2.57. The number of hydrogen-bond acceptors (Lipinski definition) is 3. The van der Waals surface area contributed by atoms with Crippen molar-refractivity contribution in [1.29, 1.82) is 0 Å². The Morgan fingerprint density at radius 2 is 2.19 bits per heavy atom. The third-order valence-corrected chi connectivity index (χ3v) is 4.99. The highest BCUT2D eigenvalue weighted by atomic mass is 32.1. The fraction of sp³-hybridized carbons (Fsp3) is 0.769. The monoisotopic (exact) mass is 236 g/mol. The SMILES string of the molecule is Cc1nc2c(s1)C(NC1CC(C)C1)CCC2. The van der Waals surface area contributed by atoms with Gasteiger partial charge in [-0.05, 0) is 44.9 Å². The van der Waals surface area contributed by atoms with Crippen molar-refractivity contribution in [3.05, 3.63) is 15.6 Å². The van der Waals surface area contributed by atoms with Crippen molar-refractivity contribution < 1.29 is 0 Å². The van der Waals surface area contributed by atoms with E-state index in [1.165, 1.54) is 47.7 Å². The molecule has 0 aliphatic heterocycles. The molecule has 1 aromatic rings. The summed E-state index contributed by atoms with van der Waals surface area (Å²) < 4.78 is 0. The second kappa shape index (κ2) is 4.11. The van der Waals surface area contributed by atoms with Crippen LogP contribution in [0.1, 0.15) is 54.2 Å². The first-order valence-electron chi connectivity index (χ1n) is 6.44. The van der Waals surface area contributed by atoms with Crippen LogP contribution < -0.4 is 5.32 Å². The van der Waals surface area contributed by atoms with E-state index in [4.69, 9.17) is 0 Å². The van der Waals surface area contributed by atoms with E-state index in [9.17, 15) is 0 Å². The van der Waals surface area contributed by atoms with E-state index < -0.39 is 0 Å². The number of thiazole rings is 1. The summed E-state index contributed by atoms with van der Waals surface area (Å²) in [5.74, 6) is 0.934. The van der Waals surface area contributed by atoms with Gasteiger partial charge in [0, 0.05) is 17.0 Å². The summed E-state index contributed by atoms with van der Waals surface area (Å²) in [6.45, 7) is 4.48. The van der Waals surface area contributed by atoms with Gasteiger partial charge in [-0.15, -0.1) is 11.3 Å². The molecule has 3 heteroatoms. The van der Waals surface area contributed by atoms with Gasteiger partial charge < -0.3 is 5.32 Å². The Hall–Kier alpha value is -0.410. The Kier molecular flexibility index (Phi) is 2.76. The van der Waals surface area contributed by atoms with Crippen molar-refractivity contribution in [2.75, 3.05) is 0 Å². The quantitative estimate of drug-likeness (QED) is 0.853. The molecule has 1 unspecified atom stereocenters. The highest BCUT2D eigenvalue weighted by Gasteiger charge is 2.30. The molecule has 0 radical (unpaired) electrons. The molecule has 0 spiro atoms. The molecule has 1 fully saturated rings. The number of rotatable bonds is 2. The van der Waals surface area contributed by atoms with E-state index in [0.29, 0.717) is 6.04 Å². The van der Waals surface area contributed by atoms with Crippen molar-refractivity contribution in [3.63, 3.8) is 0 Å². The number of nitrogens with zero attached hydrogens (tertiary/aromatic N) is 1. The van der Waals surface area contributed by atoms with Crippen LogP contribution in [-0.2, 0) is 6.42 Å². The largest absolute Gasteiger partial charge is 0.306 e. The molecule has 1 atom stereocenters. The minimum Gasteiger partial charge on any atom is -0.306 e. The molecule has 0 aromatic carbocycles. The lowest BCUT2D eigenvalue weighted by atomic mass is 9.81. The van der Waals surface area contributed by atoms with Crippen molar-refractivity contribution in [2.45, 2.75) is 58.0 Å². The van der Waals surface area contributed by atoms with Crippen molar-refractivity contribution in [1.82, 2.24) is 10.3 Å². The van der Waals surface area contributed by atoms with Gasteiger partial charge >= 0.3 is 0 Å². The van der Waals surface area contributed by atoms with Crippen LogP contribution in [0.3, 0.4) is 0 Å². The number of aryl methyl sites for hydroxylation is 2. The van der Waals surface area contributed by atoms with Gasteiger partial charge in [-0.2, -0.15) is 0 Å². The van der Waals surface area contributed by atoms with Gasteiger partial charge in [0.05, 0.1) is 10.7 Å². The lowest BCUT2D eigenvalue weighted by molar-refractivity contribution is 0.216. The molecule has 1 N–H and O–H groups in total. The van der Waals surface area contributed by atoms with Crippen LogP contribution in [0.15, 0.2) is 0 Å². The number of nitrogens with one attached hydrogen (secondary N) is 1. The standard InChI is InChI=1S/C13H20N2S/c1-8-6-10(7-8)15-12-5-3-4-11-13(12)16-9(2)14-11/h8,10,12,15H,3-7H2,1-2H3. The van der Waals surface area contributed by atoms with E-state index in [1.807, 2.05) is 11.3 Å². The molecular weight excluding hydrogens is 216 g/mol. The lowest BCUT2D eigenvalue weighted by Crippen LogP contribution is -2.42. The molecule has 2 aliphatic rings. The fourth-order valence-corrected chi connectivity index (χ4v) is 4.09. The third kappa shape index (κ3) is 1.91. The van der Waals surface area contributed by atoms with Crippen molar-refractivity contribution in [3.8, 4) is 0 Å². The maximum absolute atomic E-state index is 4.65. The number of hydrogen-bond donors (Lipinski definition) is 1. The van der Waals surface area contributed by atoms with Gasteiger partial charge in [0.2, 0.25) is 0 Å². The zero-order valence-electron chi connectivity index (χ0n) is 10.1.